The lowest BCUT2D eigenvalue weighted by Crippen LogP contribution is -2.29. The number of ether oxygens (including phenoxy) is 1. The minimum absolute atomic E-state index is 0.197. The van der Waals surface area contributed by atoms with Crippen molar-refractivity contribution in [3.8, 4) is 0 Å². The van der Waals surface area contributed by atoms with Crippen molar-refractivity contribution < 1.29 is 9.53 Å². The zero-order chi connectivity index (χ0) is 13.9. The van der Waals surface area contributed by atoms with Gasteiger partial charge in [0.25, 0.3) is 0 Å². The van der Waals surface area contributed by atoms with Gasteiger partial charge in [0.15, 0.2) is 0 Å². The molecule has 0 heterocycles. The van der Waals surface area contributed by atoms with Crippen molar-refractivity contribution in [2.75, 3.05) is 31.7 Å². The predicted octanol–water partition coefficient (Wildman–Crippen LogP) is 2.45. The van der Waals surface area contributed by atoms with Crippen LogP contribution >= 0.6 is 11.8 Å². The second-order valence-corrected chi connectivity index (χ2v) is 5.20. The highest BCUT2D eigenvalue weighted by Crippen LogP contribution is 2.16. The van der Waals surface area contributed by atoms with Crippen molar-refractivity contribution >= 4 is 17.7 Å². The lowest BCUT2D eigenvalue weighted by atomic mass is 9.99. The van der Waals surface area contributed by atoms with Gasteiger partial charge in [-0.15, -0.1) is 6.58 Å². The van der Waals surface area contributed by atoms with Crippen LogP contribution in [0.15, 0.2) is 43.0 Å². The molecule has 0 spiro atoms. The van der Waals surface area contributed by atoms with Crippen LogP contribution in [-0.4, -0.2) is 37.7 Å². The highest BCUT2D eigenvalue weighted by atomic mass is 32.2. The lowest BCUT2D eigenvalue weighted by molar-refractivity contribution is -0.142. The van der Waals surface area contributed by atoms with Crippen LogP contribution in [-0.2, 0) is 9.53 Å². The molecule has 1 unspecified atom stereocenters. The van der Waals surface area contributed by atoms with Gasteiger partial charge in [0, 0.05) is 24.6 Å². The summed E-state index contributed by atoms with van der Waals surface area (Å²) in [5, 5.41) is 3.30. The van der Waals surface area contributed by atoms with Gasteiger partial charge in [0.1, 0.15) is 0 Å². The molecule has 1 aromatic rings. The van der Waals surface area contributed by atoms with Crippen LogP contribution in [0.5, 0.6) is 0 Å². The molecule has 0 saturated carbocycles. The summed E-state index contributed by atoms with van der Waals surface area (Å²) < 4.78 is 4.86. The van der Waals surface area contributed by atoms with Gasteiger partial charge < -0.3 is 10.1 Å². The molecule has 0 radical (unpaired) electrons. The number of carbonyl (C=O) groups is 1. The Morgan fingerprint density at radius 2 is 2.21 bits per heavy atom. The molecular weight excluding hydrogens is 258 g/mol. The van der Waals surface area contributed by atoms with E-state index in [0.717, 1.165) is 23.6 Å². The molecule has 3 nitrogen and oxygen atoms in total. The summed E-state index contributed by atoms with van der Waals surface area (Å²) in [6.07, 6.45) is 1.89. The Labute approximate surface area is 119 Å². The van der Waals surface area contributed by atoms with Crippen molar-refractivity contribution in [3.05, 3.63) is 48.6 Å². The fraction of sp³-hybridized carbons (Fsp3) is 0.400. The second kappa shape index (κ2) is 9.64. The average Bonchev–Trinajstić information content (AvgIpc) is 2.47. The number of nitrogens with one attached hydrogen (secondary N) is 1. The van der Waals surface area contributed by atoms with Crippen LogP contribution in [0, 0.1) is 0 Å². The average molecular weight is 279 g/mol. The van der Waals surface area contributed by atoms with E-state index >= 15 is 0 Å². The number of hydrogen-bond donors (Lipinski definition) is 1. The highest BCUT2D eigenvalue weighted by molar-refractivity contribution is 7.99. The summed E-state index contributed by atoms with van der Waals surface area (Å²) in [6, 6.07) is 9.72. The molecule has 0 aliphatic carbocycles. The van der Waals surface area contributed by atoms with Gasteiger partial charge in [-0.2, -0.15) is 11.8 Å². The van der Waals surface area contributed by atoms with E-state index in [9.17, 15) is 4.79 Å². The quantitative estimate of drug-likeness (QED) is 0.428. The number of hydrogen-bond acceptors (Lipinski definition) is 4. The number of esters is 1. The zero-order valence-corrected chi connectivity index (χ0v) is 12.1. The number of rotatable bonds is 9. The summed E-state index contributed by atoms with van der Waals surface area (Å²) in [5.74, 6) is 1.53. The van der Waals surface area contributed by atoms with E-state index < -0.39 is 0 Å². The number of thioether (sulfide) groups is 1. The van der Waals surface area contributed by atoms with Crippen molar-refractivity contribution in [2.24, 2.45) is 0 Å². The van der Waals surface area contributed by atoms with Crippen LogP contribution in [0.25, 0.3) is 0 Å². The molecule has 1 rings (SSSR count). The van der Waals surface area contributed by atoms with Crippen LogP contribution in [0.4, 0.5) is 0 Å². The molecule has 0 fully saturated rings. The Morgan fingerprint density at radius 3 is 2.84 bits per heavy atom. The van der Waals surface area contributed by atoms with Crippen molar-refractivity contribution in [1.82, 2.24) is 5.32 Å². The Bertz CT molecular complexity index is 381. The summed E-state index contributed by atoms with van der Waals surface area (Å²) in [7, 11) is 1.43. The summed E-state index contributed by atoms with van der Waals surface area (Å²) in [5.41, 5.74) is 0.987. The van der Waals surface area contributed by atoms with Gasteiger partial charge in [0.05, 0.1) is 13.0 Å². The normalized spacial score (nSPS) is 11.8. The standard InChI is InChI=1S/C15H21NO2S/c1-3-10-19-11-9-16-12-14(15(17)18-2)13-7-5-4-6-8-13/h3-8,14,16H,1,9-12H2,2H3. The SMILES string of the molecule is C=CCSCCNCC(C(=O)OC)c1ccccc1. The molecule has 1 atom stereocenters. The van der Waals surface area contributed by atoms with E-state index in [2.05, 4.69) is 11.9 Å². The molecule has 1 N–H and O–H groups in total. The molecule has 104 valence electrons. The van der Waals surface area contributed by atoms with Gasteiger partial charge in [-0.25, -0.2) is 0 Å². The summed E-state index contributed by atoms with van der Waals surface area (Å²) in [4.78, 5) is 11.8. The van der Waals surface area contributed by atoms with Crippen molar-refractivity contribution in [1.29, 1.82) is 0 Å². The maximum atomic E-state index is 11.8. The van der Waals surface area contributed by atoms with Crippen LogP contribution in [0.2, 0.25) is 0 Å². The largest absolute Gasteiger partial charge is 0.469 e. The number of methoxy groups -OCH3 is 1. The molecule has 0 aliphatic rings. The van der Waals surface area contributed by atoms with E-state index in [1.165, 1.54) is 7.11 Å². The van der Waals surface area contributed by atoms with Gasteiger partial charge in [-0.05, 0) is 5.56 Å². The van der Waals surface area contributed by atoms with Crippen LogP contribution < -0.4 is 5.32 Å². The third kappa shape index (κ3) is 5.94. The first kappa shape index (κ1) is 15.8. The molecule has 4 heteroatoms. The maximum absolute atomic E-state index is 11.8. The Morgan fingerprint density at radius 1 is 1.47 bits per heavy atom. The van der Waals surface area contributed by atoms with Gasteiger partial charge in [0.2, 0.25) is 0 Å². The zero-order valence-electron chi connectivity index (χ0n) is 11.3. The third-order valence-corrected chi connectivity index (χ3v) is 3.66. The van der Waals surface area contributed by atoms with Crippen LogP contribution in [0.3, 0.4) is 0 Å². The summed E-state index contributed by atoms with van der Waals surface area (Å²) in [6.45, 7) is 5.15. The predicted molar refractivity (Wildman–Crippen MR) is 81.6 cm³/mol. The first-order chi connectivity index (χ1) is 9.29. The lowest BCUT2D eigenvalue weighted by Gasteiger charge is -2.15. The van der Waals surface area contributed by atoms with E-state index in [-0.39, 0.29) is 11.9 Å². The minimum Gasteiger partial charge on any atom is -0.469 e. The first-order valence-corrected chi connectivity index (χ1v) is 7.47. The molecule has 0 aromatic heterocycles. The molecule has 19 heavy (non-hydrogen) atoms. The topological polar surface area (TPSA) is 38.3 Å². The molecule has 0 amide bonds. The molecule has 0 bridgehead atoms. The Kier molecular flexibility index (Phi) is 8.02. The summed E-state index contributed by atoms with van der Waals surface area (Å²) >= 11 is 1.82. The maximum Gasteiger partial charge on any atom is 0.314 e. The molecule has 1 aromatic carbocycles. The fourth-order valence-corrected chi connectivity index (χ4v) is 2.34. The highest BCUT2D eigenvalue weighted by Gasteiger charge is 2.20. The third-order valence-electron chi connectivity index (χ3n) is 2.69. The second-order valence-electron chi connectivity index (χ2n) is 4.05. The minimum atomic E-state index is -0.240. The van der Waals surface area contributed by atoms with E-state index in [0.29, 0.717) is 6.54 Å². The van der Waals surface area contributed by atoms with Gasteiger partial charge in [-0.3, -0.25) is 4.79 Å². The smallest absolute Gasteiger partial charge is 0.314 e. The Balaban J connectivity index is 2.43. The first-order valence-electron chi connectivity index (χ1n) is 6.31. The number of carbonyl (C=O) groups excluding carboxylic acids is 1. The van der Waals surface area contributed by atoms with E-state index in [1.54, 1.807) is 0 Å². The monoisotopic (exact) mass is 279 g/mol. The van der Waals surface area contributed by atoms with Crippen molar-refractivity contribution in [3.63, 3.8) is 0 Å². The number of benzene rings is 1. The van der Waals surface area contributed by atoms with Crippen LogP contribution in [0.1, 0.15) is 11.5 Å². The fourth-order valence-electron chi connectivity index (χ4n) is 1.72. The molecule has 0 aliphatic heterocycles. The van der Waals surface area contributed by atoms with E-state index in [4.69, 9.17) is 4.74 Å². The van der Waals surface area contributed by atoms with Gasteiger partial charge in [-0.1, -0.05) is 36.4 Å². The Hall–Kier alpha value is -1.26. The van der Waals surface area contributed by atoms with Gasteiger partial charge >= 0.3 is 5.97 Å². The molecule has 0 saturated heterocycles. The van der Waals surface area contributed by atoms with E-state index in [1.807, 2.05) is 48.2 Å². The molecular formula is C15H21NO2S. The van der Waals surface area contributed by atoms with Crippen molar-refractivity contribution in [2.45, 2.75) is 5.92 Å².